The van der Waals surface area contributed by atoms with Gasteiger partial charge in [-0.1, -0.05) is 46.3 Å². The molecule has 5 heteroatoms. The third-order valence-corrected chi connectivity index (χ3v) is 3.67. The van der Waals surface area contributed by atoms with E-state index in [1.165, 1.54) is 6.07 Å². The molecule has 0 fully saturated rings. The van der Waals surface area contributed by atoms with Crippen molar-refractivity contribution in [3.05, 3.63) is 64.1 Å². The number of rotatable bonds is 5. The number of hydrogen-bond acceptors (Lipinski definition) is 3. The number of aromatic hydroxyl groups is 1. The maximum absolute atomic E-state index is 12.0. The van der Waals surface area contributed by atoms with Gasteiger partial charge in [-0.2, -0.15) is 0 Å². The fourth-order valence-electron chi connectivity index (χ4n) is 2.00. The highest BCUT2D eigenvalue weighted by atomic mass is 79.9. The van der Waals surface area contributed by atoms with Gasteiger partial charge in [0.1, 0.15) is 5.75 Å². The van der Waals surface area contributed by atoms with Crippen molar-refractivity contribution in [2.24, 2.45) is 5.73 Å². The first-order chi connectivity index (χ1) is 10.1. The number of phenolic OH excluding ortho intramolecular Hbond substituents is 1. The van der Waals surface area contributed by atoms with Crippen LogP contribution in [0.3, 0.4) is 0 Å². The van der Waals surface area contributed by atoms with Crippen LogP contribution in [0, 0.1) is 0 Å². The summed E-state index contributed by atoms with van der Waals surface area (Å²) < 4.78 is 0.725. The van der Waals surface area contributed by atoms with Crippen molar-refractivity contribution in [1.82, 2.24) is 5.32 Å². The molecule has 0 radical (unpaired) electrons. The second-order valence-electron chi connectivity index (χ2n) is 4.72. The molecule has 2 aromatic rings. The molecule has 0 saturated carbocycles. The summed E-state index contributed by atoms with van der Waals surface area (Å²) >= 11 is 3.23. The lowest BCUT2D eigenvalue weighted by atomic mass is 10.0. The Morgan fingerprint density at radius 2 is 1.95 bits per heavy atom. The van der Waals surface area contributed by atoms with Crippen LogP contribution in [-0.4, -0.2) is 17.6 Å². The number of benzene rings is 2. The molecule has 4 nitrogen and oxygen atoms in total. The van der Waals surface area contributed by atoms with Crippen LogP contribution in [0.25, 0.3) is 0 Å². The third-order valence-electron chi connectivity index (χ3n) is 3.17. The van der Waals surface area contributed by atoms with E-state index in [4.69, 9.17) is 5.73 Å². The van der Waals surface area contributed by atoms with Crippen LogP contribution in [0.1, 0.15) is 28.4 Å². The Labute approximate surface area is 132 Å². The summed E-state index contributed by atoms with van der Waals surface area (Å²) in [6.45, 7) is 0.449. The van der Waals surface area contributed by atoms with Crippen LogP contribution >= 0.6 is 15.9 Å². The molecular formula is C16H17BrN2O2. The summed E-state index contributed by atoms with van der Waals surface area (Å²) in [6.07, 6.45) is 0.632. The summed E-state index contributed by atoms with van der Waals surface area (Å²) in [4.78, 5) is 12.0. The number of phenols is 1. The van der Waals surface area contributed by atoms with Gasteiger partial charge in [0.2, 0.25) is 0 Å². The summed E-state index contributed by atoms with van der Waals surface area (Å²) in [6, 6.07) is 14.4. The average Bonchev–Trinajstić information content (AvgIpc) is 2.47. The second-order valence-corrected chi connectivity index (χ2v) is 5.64. The number of hydrogen-bond donors (Lipinski definition) is 3. The van der Waals surface area contributed by atoms with Crippen molar-refractivity contribution in [2.75, 3.05) is 6.54 Å². The summed E-state index contributed by atoms with van der Waals surface area (Å²) in [5.74, 6) is -0.352. The molecule has 21 heavy (non-hydrogen) atoms. The zero-order valence-electron chi connectivity index (χ0n) is 11.4. The highest BCUT2D eigenvalue weighted by Crippen LogP contribution is 2.22. The fourth-order valence-corrected chi connectivity index (χ4v) is 2.35. The van der Waals surface area contributed by atoms with Gasteiger partial charge in [-0.25, -0.2) is 0 Å². The highest BCUT2D eigenvalue weighted by Gasteiger charge is 2.12. The van der Waals surface area contributed by atoms with E-state index in [2.05, 4.69) is 21.2 Å². The maximum Gasteiger partial charge on any atom is 0.255 e. The Balaban J connectivity index is 1.87. The van der Waals surface area contributed by atoms with Crippen molar-refractivity contribution in [3.8, 4) is 5.75 Å². The molecule has 0 aliphatic rings. The van der Waals surface area contributed by atoms with Crippen molar-refractivity contribution in [2.45, 2.75) is 12.5 Å². The van der Waals surface area contributed by atoms with E-state index in [1.807, 2.05) is 30.3 Å². The molecule has 2 rings (SSSR count). The zero-order chi connectivity index (χ0) is 15.2. The Hall–Kier alpha value is -1.85. The Morgan fingerprint density at radius 1 is 1.24 bits per heavy atom. The van der Waals surface area contributed by atoms with E-state index in [1.54, 1.807) is 12.1 Å². The Morgan fingerprint density at radius 3 is 2.62 bits per heavy atom. The lowest BCUT2D eigenvalue weighted by Gasteiger charge is -2.13. The van der Waals surface area contributed by atoms with E-state index in [0.29, 0.717) is 13.0 Å². The molecule has 0 spiro atoms. The predicted molar refractivity (Wildman–Crippen MR) is 86.1 cm³/mol. The smallest absolute Gasteiger partial charge is 0.255 e. The van der Waals surface area contributed by atoms with Gasteiger partial charge in [0.05, 0.1) is 5.56 Å². The molecule has 0 aliphatic heterocycles. The topological polar surface area (TPSA) is 75.3 Å². The van der Waals surface area contributed by atoms with Crippen LogP contribution in [0.2, 0.25) is 0 Å². The van der Waals surface area contributed by atoms with Crippen molar-refractivity contribution in [1.29, 1.82) is 0 Å². The molecule has 0 saturated heterocycles. The Bertz CT molecular complexity index is 617. The summed E-state index contributed by atoms with van der Waals surface area (Å²) in [5, 5.41) is 12.5. The minimum absolute atomic E-state index is 0.0470. The highest BCUT2D eigenvalue weighted by molar-refractivity contribution is 9.10. The van der Waals surface area contributed by atoms with Gasteiger partial charge >= 0.3 is 0 Å². The van der Waals surface area contributed by atoms with Crippen molar-refractivity contribution < 1.29 is 9.90 Å². The van der Waals surface area contributed by atoms with Gasteiger partial charge in [0, 0.05) is 17.1 Å². The van der Waals surface area contributed by atoms with Gasteiger partial charge in [0.25, 0.3) is 5.91 Å². The minimum atomic E-state index is -0.305. The lowest BCUT2D eigenvalue weighted by molar-refractivity contribution is 0.0950. The molecule has 1 amide bonds. The van der Waals surface area contributed by atoms with Crippen LogP contribution in [-0.2, 0) is 0 Å². The first kappa shape index (κ1) is 15.5. The van der Waals surface area contributed by atoms with E-state index in [0.717, 1.165) is 10.0 Å². The largest absolute Gasteiger partial charge is 0.507 e. The first-order valence-corrected chi connectivity index (χ1v) is 7.44. The van der Waals surface area contributed by atoms with E-state index in [-0.39, 0.29) is 23.3 Å². The molecule has 0 heterocycles. The molecule has 4 N–H and O–H groups in total. The molecule has 0 aliphatic carbocycles. The number of halogens is 1. The molecule has 1 atom stereocenters. The lowest BCUT2D eigenvalue weighted by Crippen LogP contribution is -2.27. The Kier molecular flexibility index (Phi) is 5.36. The minimum Gasteiger partial charge on any atom is -0.507 e. The van der Waals surface area contributed by atoms with Gasteiger partial charge in [-0.3, -0.25) is 4.79 Å². The molecule has 0 bridgehead atoms. The molecule has 1 unspecified atom stereocenters. The first-order valence-electron chi connectivity index (χ1n) is 6.65. The normalized spacial score (nSPS) is 11.9. The quantitative estimate of drug-likeness (QED) is 0.777. The number of carbonyl (C=O) groups excluding carboxylic acids is 1. The molecule has 0 aromatic heterocycles. The predicted octanol–water partition coefficient (Wildman–Crippen LogP) is 2.97. The van der Waals surface area contributed by atoms with Crippen molar-refractivity contribution in [3.63, 3.8) is 0 Å². The zero-order valence-corrected chi connectivity index (χ0v) is 13.0. The van der Waals surface area contributed by atoms with Crippen LogP contribution in [0.15, 0.2) is 53.0 Å². The number of amides is 1. The maximum atomic E-state index is 12.0. The van der Waals surface area contributed by atoms with E-state index >= 15 is 0 Å². The molecule has 2 aromatic carbocycles. The monoisotopic (exact) mass is 348 g/mol. The van der Waals surface area contributed by atoms with Gasteiger partial charge in [-0.15, -0.1) is 0 Å². The number of nitrogens with one attached hydrogen (secondary N) is 1. The van der Waals surface area contributed by atoms with Crippen LogP contribution < -0.4 is 11.1 Å². The summed E-state index contributed by atoms with van der Waals surface area (Å²) in [5.41, 5.74) is 7.36. The standard InChI is InChI=1S/C16H17BrN2O2/c17-12-6-7-13(15(20)10-12)16(21)19-9-8-14(18)11-4-2-1-3-5-11/h1-7,10,14,20H,8-9,18H2,(H,19,21). The van der Waals surface area contributed by atoms with Crippen molar-refractivity contribution >= 4 is 21.8 Å². The van der Waals surface area contributed by atoms with Crippen LogP contribution in [0.5, 0.6) is 5.75 Å². The second kappa shape index (κ2) is 7.24. The number of nitrogens with two attached hydrogens (primary N) is 1. The molecular weight excluding hydrogens is 332 g/mol. The van der Waals surface area contributed by atoms with Gasteiger partial charge < -0.3 is 16.2 Å². The van der Waals surface area contributed by atoms with Gasteiger partial charge in [0.15, 0.2) is 0 Å². The van der Waals surface area contributed by atoms with Gasteiger partial charge in [-0.05, 0) is 30.2 Å². The van der Waals surface area contributed by atoms with Crippen LogP contribution in [0.4, 0.5) is 0 Å². The SMILES string of the molecule is NC(CCNC(=O)c1ccc(Br)cc1O)c1ccccc1. The number of carbonyl (C=O) groups is 1. The summed E-state index contributed by atoms with van der Waals surface area (Å²) in [7, 11) is 0. The third kappa shape index (κ3) is 4.31. The van der Waals surface area contributed by atoms with E-state index < -0.39 is 0 Å². The molecule has 110 valence electrons. The average molecular weight is 349 g/mol. The fraction of sp³-hybridized carbons (Fsp3) is 0.188. The van der Waals surface area contributed by atoms with E-state index in [9.17, 15) is 9.90 Å².